The lowest BCUT2D eigenvalue weighted by Crippen LogP contribution is -2.17. The highest BCUT2D eigenvalue weighted by molar-refractivity contribution is 6.32. The molecular weight excluding hydrogens is 289 g/mol. The lowest BCUT2D eigenvalue weighted by atomic mass is 10.0. The lowest BCUT2D eigenvalue weighted by Gasteiger charge is -2.16. The van der Waals surface area contributed by atoms with Crippen molar-refractivity contribution in [3.63, 3.8) is 0 Å². The quantitative estimate of drug-likeness (QED) is 0.749. The summed E-state index contributed by atoms with van der Waals surface area (Å²) in [5.74, 6) is 0.286. The van der Waals surface area contributed by atoms with Crippen molar-refractivity contribution >= 4 is 22.6 Å². The van der Waals surface area contributed by atoms with E-state index in [-0.39, 0.29) is 17.4 Å². The predicted molar refractivity (Wildman–Crippen MR) is 83.3 cm³/mol. The first-order valence-corrected chi connectivity index (χ1v) is 7.10. The van der Waals surface area contributed by atoms with Crippen LogP contribution >= 0.6 is 11.6 Å². The van der Waals surface area contributed by atoms with Gasteiger partial charge >= 0.3 is 0 Å². The van der Waals surface area contributed by atoms with Crippen molar-refractivity contribution in [2.45, 2.75) is 13.0 Å². The average Bonchev–Trinajstić information content (AvgIpc) is 2.89. The van der Waals surface area contributed by atoms with E-state index in [0.29, 0.717) is 10.8 Å². The Morgan fingerprint density at radius 1 is 1.19 bits per heavy atom. The number of benzene rings is 2. The van der Waals surface area contributed by atoms with Crippen LogP contribution in [-0.2, 0) is 0 Å². The van der Waals surface area contributed by atoms with Gasteiger partial charge in [-0.2, -0.15) is 0 Å². The van der Waals surface area contributed by atoms with Crippen LogP contribution in [0.5, 0.6) is 0 Å². The molecule has 0 saturated carbocycles. The van der Waals surface area contributed by atoms with E-state index in [0.717, 1.165) is 16.5 Å². The van der Waals surface area contributed by atoms with Crippen LogP contribution in [0.3, 0.4) is 0 Å². The Balaban J connectivity index is 2.14. The third-order valence-electron chi connectivity index (χ3n) is 3.62. The minimum atomic E-state index is -0.357. The monoisotopic (exact) mass is 303 g/mol. The Bertz CT molecular complexity index is 797. The number of halogens is 2. The molecule has 0 amide bonds. The smallest absolute Gasteiger partial charge is 0.169 e. The van der Waals surface area contributed by atoms with E-state index >= 15 is 0 Å². The van der Waals surface area contributed by atoms with E-state index in [9.17, 15) is 4.39 Å². The van der Waals surface area contributed by atoms with Gasteiger partial charge in [0.25, 0.3) is 0 Å². The SMILES string of the molecule is CNC(c1cc2cccc(F)c2o1)c1cccc(C)c1Cl. The van der Waals surface area contributed by atoms with Gasteiger partial charge in [0.15, 0.2) is 11.4 Å². The standard InChI is InChI=1S/C17H15ClFNO/c1-10-5-3-7-12(15(10)18)16(20-2)14-9-11-6-4-8-13(19)17(11)21-14/h3-9,16,20H,1-2H3. The van der Waals surface area contributed by atoms with Crippen LogP contribution in [0.2, 0.25) is 5.02 Å². The second kappa shape index (κ2) is 5.51. The first-order valence-electron chi connectivity index (χ1n) is 6.72. The van der Waals surface area contributed by atoms with Crippen molar-refractivity contribution < 1.29 is 8.81 Å². The molecule has 1 unspecified atom stereocenters. The largest absolute Gasteiger partial charge is 0.456 e. The van der Waals surface area contributed by atoms with Gasteiger partial charge in [0.1, 0.15) is 5.76 Å². The molecule has 21 heavy (non-hydrogen) atoms. The molecule has 0 saturated heterocycles. The summed E-state index contributed by atoms with van der Waals surface area (Å²) in [6.07, 6.45) is 0. The zero-order chi connectivity index (χ0) is 15.0. The van der Waals surface area contributed by atoms with E-state index in [4.69, 9.17) is 16.0 Å². The van der Waals surface area contributed by atoms with Crippen LogP contribution in [0.1, 0.15) is 22.9 Å². The van der Waals surface area contributed by atoms with Crippen molar-refractivity contribution in [2.24, 2.45) is 0 Å². The molecule has 0 fully saturated rings. The molecular formula is C17H15ClFNO. The van der Waals surface area contributed by atoms with E-state index in [1.54, 1.807) is 6.07 Å². The number of hydrogen-bond acceptors (Lipinski definition) is 2. The Hall–Kier alpha value is -1.84. The van der Waals surface area contributed by atoms with Crippen molar-refractivity contribution in [3.8, 4) is 0 Å². The topological polar surface area (TPSA) is 25.2 Å². The van der Waals surface area contributed by atoms with E-state index in [2.05, 4.69) is 5.32 Å². The molecule has 0 bridgehead atoms. The van der Waals surface area contributed by atoms with Gasteiger partial charge in [-0.05, 0) is 37.2 Å². The van der Waals surface area contributed by atoms with E-state index in [1.165, 1.54) is 6.07 Å². The lowest BCUT2D eigenvalue weighted by molar-refractivity contribution is 0.476. The summed E-state index contributed by atoms with van der Waals surface area (Å²) < 4.78 is 19.5. The van der Waals surface area contributed by atoms with Gasteiger partial charge in [-0.3, -0.25) is 0 Å². The minimum Gasteiger partial charge on any atom is -0.456 e. The minimum absolute atomic E-state index is 0.218. The van der Waals surface area contributed by atoms with Gasteiger partial charge in [-0.1, -0.05) is 41.9 Å². The van der Waals surface area contributed by atoms with Crippen LogP contribution in [0, 0.1) is 12.7 Å². The molecule has 1 heterocycles. The first kappa shape index (κ1) is 14.1. The highest BCUT2D eigenvalue weighted by Gasteiger charge is 2.20. The summed E-state index contributed by atoms with van der Waals surface area (Å²) in [7, 11) is 1.83. The number of hydrogen-bond donors (Lipinski definition) is 1. The second-order valence-electron chi connectivity index (χ2n) is 5.01. The fourth-order valence-corrected chi connectivity index (χ4v) is 2.77. The van der Waals surface area contributed by atoms with Crippen LogP contribution in [0.4, 0.5) is 4.39 Å². The summed E-state index contributed by atoms with van der Waals surface area (Å²) >= 11 is 6.39. The van der Waals surface area contributed by atoms with Crippen molar-refractivity contribution in [1.29, 1.82) is 0 Å². The molecule has 1 aromatic heterocycles. The highest BCUT2D eigenvalue weighted by Crippen LogP contribution is 2.33. The van der Waals surface area contributed by atoms with Crippen molar-refractivity contribution in [2.75, 3.05) is 7.05 Å². The fourth-order valence-electron chi connectivity index (χ4n) is 2.53. The van der Waals surface area contributed by atoms with E-state index < -0.39 is 0 Å². The number of rotatable bonds is 3. The Morgan fingerprint density at radius 2 is 1.95 bits per heavy atom. The number of furan rings is 1. The summed E-state index contributed by atoms with van der Waals surface area (Å²) in [4.78, 5) is 0. The number of fused-ring (bicyclic) bond motifs is 1. The zero-order valence-electron chi connectivity index (χ0n) is 11.8. The fraction of sp³-hybridized carbons (Fsp3) is 0.176. The van der Waals surface area contributed by atoms with Gasteiger partial charge in [-0.25, -0.2) is 4.39 Å². The summed E-state index contributed by atoms with van der Waals surface area (Å²) in [6, 6.07) is 12.4. The normalized spacial score (nSPS) is 12.8. The van der Waals surface area contributed by atoms with Gasteiger partial charge in [0.2, 0.25) is 0 Å². The molecule has 3 rings (SSSR count). The van der Waals surface area contributed by atoms with Gasteiger partial charge in [-0.15, -0.1) is 0 Å². The molecule has 1 atom stereocenters. The number of nitrogens with one attached hydrogen (secondary N) is 1. The summed E-state index contributed by atoms with van der Waals surface area (Å²) in [5, 5.41) is 4.62. The molecule has 0 spiro atoms. The Morgan fingerprint density at radius 3 is 2.67 bits per heavy atom. The number of para-hydroxylation sites is 1. The number of aryl methyl sites for hydroxylation is 1. The molecule has 0 aliphatic heterocycles. The van der Waals surface area contributed by atoms with Gasteiger partial charge < -0.3 is 9.73 Å². The molecule has 1 N–H and O–H groups in total. The highest BCUT2D eigenvalue weighted by atomic mass is 35.5. The molecule has 0 aliphatic carbocycles. The third-order valence-corrected chi connectivity index (χ3v) is 4.14. The third kappa shape index (κ3) is 2.43. The molecule has 108 valence electrons. The van der Waals surface area contributed by atoms with Crippen LogP contribution < -0.4 is 5.32 Å². The van der Waals surface area contributed by atoms with Crippen molar-refractivity contribution in [3.05, 3.63) is 70.2 Å². The summed E-state index contributed by atoms with van der Waals surface area (Å²) in [6.45, 7) is 1.96. The maximum absolute atomic E-state index is 13.8. The average molecular weight is 304 g/mol. The maximum atomic E-state index is 13.8. The van der Waals surface area contributed by atoms with Crippen LogP contribution in [0.15, 0.2) is 46.9 Å². The molecule has 0 radical (unpaired) electrons. The summed E-state index contributed by atoms with van der Waals surface area (Å²) in [5.41, 5.74) is 2.19. The van der Waals surface area contributed by atoms with Gasteiger partial charge in [0.05, 0.1) is 6.04 Å². The molecule has 2 aromatic carbocycles. The molecule has 4 heteroatoms. The van der Waals surface area contributed by atoms with E-state index in [1.807, 2.05) is 44.3 Å². The first-order chi connectivity index (χ1) is 10.1. The second-order valence-corrected chi connectivity index (χ2v) is 5.38. The van der Waals surface area contributed by atoms with Crippen LogP contribution in [-0.4, -0.2) is 7.05 Å². The maximum Gasteiger partial charge on any atom is 0.169 e. The molecule has 2 nitrogen and oxygen atoms in total. The molecule has 0 aliphatic rings. The molecule has 3 aromatic rings. The Labute approximate surface area is 127 Å². The van der Waals surface area contributed by atoms with Gasteiger partial charge in [0, 0.05) is 10.4 Å². The Kier molecular flexibility index (Phi) is 3.70. The zero-order valence-corrected chi connectivity index (χ0v) is 12.5. The van der Waals surface area contributed by atoms with Crippen molar-refractivity contribution in [1.82, 2.24) is 5.32 Å². The predicted octanol–water partition coefficient (Wildman–Crippen LogP) is 4.84. The van der Waals surface area contributed by atoms with Crippen LogP contribution in [0.25, 0.3) is 11.0 Å².